The average Bonchev–Trinajstić information content (AvgIpc) is 2.34. The molecule has 98 valence electrons. The fourth-order valence-electron chi connectivity index (χ4n) is 3.27. The highest BCUT2D eigenvalue weighted by atomic mass is 16.2. The van der Waals surface area contributed by atoms with Gasteiger partial charge in [-0.15, -0.1) is 0 Å². The van der Waals surface area contributed by atoms with E-state index in [9.17, 15) is 4.79 Å². The largest absolute Gasteiger partial charge is 0.338 e. The Labute approximate surface area is 105 Å². The number of nitrogens with one attached hydrogen (secondary N) is 1. The molecule has 0 spiro atoms. The van der Waals surface area contributed by atoms with Crippen molar-refractivity contribution in [1.29, 1.82) is 0 Å². The predicted molar refractivity (Wildman–Crippen MR) is 69.8 cm³/mol. The summed E-state index contributed by atoms with van der Waals surface area (Å²) in [6.07, 6.45) is 4.68. The molecule has 3 heteroatoms. The molecule has 17 heavy (non-hydrogen) atoms. The first-order chi connectivity index (χ1) is 8.09. The van der Waals surface area contributed by atoms with Crippen molar-refractivity contribution in [3.05, 3.63) is 0 Å². The van der Waals surface area contributed by atoms with E-state index in [-0.39, 0.29) is 6.04 Å². The molecule has 1 N–H and O–H groups in total. The maximum absolute atomic E-state index is 12.5. The topological polar surface area (TPSA) is 32.3 Å². The Hall–Kier alpha value is -0.570. The van der Waals surface area contributed by atoms with Crippen LogP contribution in [0.25, 0.3) is 0 Å². The van der Waals surface area contributed by atoms with Gasteiger partial charge in [0, 0.05) is 12.6 Å². The Bertz CT molecular complexity index is 273. The van der Waals surface area contributed by atoms with Crippen LogP contribution in [0.1, 0.15) is 46.5 Å². The van der Waals surface area contributed by atoms with E-state index in [1.54, 1.807) is 0 Å². The summed E-state index contributed by atoms with van der Waals surface area (Å²) in [6, 6.07) is 0.492. The molecule has 1 amide bonds. The SMILES string of the molecule is CC1CC(C)C(C)N(C(=O)[C@@H]2CCCCN2)C1. The number of nitrogens with zero attached hydrogens (tertiary/aromatic N) is 1. The van der Waals surface area contributed by atoms with Gasteiger partial charge in [-0.05, 0) is 44.6 Å². The van der Waals surface area contributed by atoms with Gasteiger partial charge in [-0.25, -0.2) is 0 Å². The Morgan fingerprint density at radius 3 is 2.65 bits per heavy atom. The molecule has 2 rings (SSSR count). The van der Waals surface area contributed by atoms with E-state index >= 15 is 0 Å². The van der Waals surface area contributed by atoms with Gasteiger partial charge in [-0.3, -0.25) is 4.79 Å². The van der Waals surface area contributed by atoms with E-state index in [0.29, 0.717) is 23.8 Å². The Balaban J connectivity index is 2.01. The molecule has 2 fully saturated rings. The smallest absolute Gasteiger partial charge is 0.239 e. The van der Waals surface area contributed by atoms with Crippen LogP contribution in [0, 0.1) is 11.8 Å². The molecule has 0 radical (unpaired) electrons. The minimum absolute atomic E-state index is 0.0868. The monoisotopic (exact) mass is 238 g/mol. The number of carbonyl (C=O) groups excluding carboxylic acids is 1. The van der Waals surface area contributed by atoms with Crippen molar-refractivity contribution in [1.82, 2.24) is 10.2 Å². The normalized spacial score (nSPS) is 39.1. The van der Waals surface area contributed by atoms with Crippen LogP contribution in [-0.2, 0) is 4.79 Å². The van der Waals surface area contributed by atoms with Crippen LogP contribution in [0.3, 0.4) is 0 Å². The fourth-order valence-corrected chi connectivity index (χ4v) is 3.27. The molecule has 4 atom stereocenters. The number of likely N-dealkylation sites (tertiary alicyclic amines) is 1. The Morgan fingerprint density at radius 2 is 2.00 bits per heavy atom. The van der Waals surface area contributed by atoms with Crippen LogP contribution in [0.2, 0.25) is 0 Å². The second kappa shape index (κ2) is 5.38. The van der Waals surface area contributed by atoms with E-state index in [1.165, 1.54) is 19.3 Å². The number of rotatable bonds is 1. The van der Waals surface area contributed by atoms with Crippen molar-refractivity contribution in [2.75, 3.05) is 13.1 Å². The van der Waals surface area contributed by atoms with Gasteiger partial charge < -0.3 is 10.2 Å². The second-order valence-electron chi connectivity index (χ2n) is 6.05. The zero-order chi connectivity index (χ0) is 12.4. The third kappa shape index (κ3) is 2.82. The van der Waals surface area contributed by atoms with Gasteiger partial charge >= 0.3 is 0 Å². The van der Waals surface area contributed by atoms with Crippen molar-refractivity contribution in [3.8, 4) is 0 Å². The standard InChI is InChI=1S/C14H26N2O/c1-10-8-11(2)12(3)16(9-10)14(17)13-6-4-5-7-15-13/h10-13,15H,4-9H2,1-3H3/t10?,11?,12?,13-/m0/s1. The van der Waals surface area contributed by atoms with Crippen LogP contribution in [-0.4, -0.2) is 36.0 Å². The summed E-state index contributed by atoms with van der Waals surface area (Å²) < 4.78 is 0. The maximum atomic E-state index is 12.5. The summed E-state index contributed by atoms with van der Waals surface area (Å²) >= 11 is 0. The molecule has 0 aliphatic carbocycles. The first-order valence-electron chi connectivity index (χ1n) is 7.13. The summed E-state index contributed by atoms with van der Waals surface area (Å²) in [6.45, 7) is 8.69. The van der Waals surface area contributed by atoms with Crippen LogP contribution in [0.4, 0.5) is 0 Å². The highest BCUT2D eigenvalue weighted by Gasteiger charge is 2.35. The molecular formula is C14H26N2O. The van der Waals surface area contributed by atoms with Gasteiger partial charge in [-0.2, -0.15) is 0 Å². The number of amides is 1. The first-order valence-corrected chi connectivity index (χ1v) is 7.13. The van der Waals surface area contributed by atoms with Crippen LogP contribution in [0.15, 0.2) is 0 Å². The van der Waals surface area contributed by atoms with E-state index in [1.807, 2.05) is 0 Å². The highest BCUT2D eigenvalue weighted by Crippen LogP contribution is 2.28. The minimum Gasteiger partial charge on any atom is -0.338 e. The Morgan fingerprint density at radius 1 is 1.24 bits per heavy atom. The predicted octanol–water partition coefficient (Wildman–Crippen LogP) is 2.02. The van der Waals surface area contributed by atoms with Gasteiger partial charge in [0.1, 0.15) is 0 Å². The lowest BCUT2D eigenvalue weighted by atomic mass is 9.85. The lowest BCUT2D eigenvalue weighted by Crippen LogP contribution is -2.56. The molecular weight excluding hydrogens is 212 g/mol. The molecule has 0 aromatic carbocycles. The molecule has 0 saturated carbocycles. The van der Waals surface area contributed by atoms with Gasteiger partial charge in [0.2, 0.25) is 5.91 Å². The molecule has 2 heterocycles. The van der Waals surface area contributed by atoms with E-state index in [4.69, 9.17) is 0 Å². The lowest BCUT2D eigenvalue weighted by molar-refractivity contribution is -0.140. The maximum Gasteiger partial charge on any atom is 0.239 e. The molecule has 0 aromatic rings. The van der Waals surface area contributed by atoms with Crippen LogP contribution >= 0.6 is 0 Å². The number of carbonyl (C=O) groups is 1. The zero-order valence-corrected chi connectivity index (χ0v) is 11.4. The number of piperidine rings is 2. The summed E-state index contributed by atoms with van der Waals surface area (Å²) in [5, 5.41) is 3.38. The lowest BCUT2D eigenvalue weighted by Gasteiger charge is -2.43. The van der Waals surface area contributed by atoms with Crippen LogP contribution in [0.5, 0.6) is 0 Å². The second-order valence-corrected chi connectivity index (χ2v) is 6.05. The minimum atomic E-state index is 0.0868. The molecule has 3 nitrogen and oxygen atoms in total. The molecule has 0 aromatic heterocycles. The van der Waals surface area contributed by atoms with Gasteiger partial charge in [-0.1, -0.05) is 20.3 Å². The van der Waals surface area contributed by atoms with Crippen molar-refractivity contribution in [2.24, 2.45) is 11.8 Å². The highest BCUT2D eigenvalue weighted by molar-refractivity contribution is 5.82. The summed E-state index contributed by atoms with van der Waals surface area (Å²) in [4.78, 5) is 14.6. The van der Waals surface area contributed by atoms with Crippen molar-refractivity contribution in [2.45, 2.75) is 58.5 Å². The quantitative estimate of drug-likeness (QED) is 0.758. The Kier molecular flexibility index (Phi) is 4.08. The fraction of sp³-hybridized carbons (Fsp3) is 0.929. The van der Waals surface area contributed by atoms with E-state index in [0.717, 1.165) is 19.5 Å². The molecule has 2 aliphatic rings. The van der Waals surface area contributed by atoms with Gasteiger partial charge in [0.05, 0.1) is 6.04 Å². The van der Waals surface area contributed by atoms with Gasteiger partial charge in [0.15, 0.2) is 0 Å². The van der Waals surface area contributed by atoms with E-state index < -0.39 is 0 Å². The average molecular weight is 238 g/mol. The molecule has 2 aliphatic heterocycles. The summed E-state index contributed by atoms with van der Waals surface area (Å²) in [5.41, 5.74) is 0. The molecule has 0 bridgehead atoms. The summed E-state index contributed by atoms with van der Waals surface area (Å²) in [5.74, 6) is 1.62. The first kappa shape index (κ1) is 12.9. The van der Waals surface area contributed by atoms with Crippen molar-refractivity contribution < 1.29 is 4.79 Å². The van der Waals surface area contributed by atoms with Crippen LogP contribution < -0.4 is 5.32 Å². The molecule has 2 saturated heterocycles. The van der Waals surface area contributed by atoms with Gasteiger partial charge in [0.25, 0.3) is 0 Å². The van der Waals surface area contributed by atoms with Crippen molar-refractivity contribution >= 4 is 5.91 Å². The number of hydrogen-bond acceptors (Lipinski definition) is 2. The third-order valence-corrected chi connectivity index (χ3v) is 4.49. The van der Waals surface area contributed by atoms with Crippen molar-refractivity contribution in [3.63, 3.8) is 0 Å². The summed E-state index contributed by atoms with van der Waals surface area (Å²) in [7, 11) is 0. The number of hydrogen-bond donors (Lipinski definition) is 1. The third-order valence-electron chi connectivity index (χ3n) is 4.49. The zero-order valence-electron chi connectivity index (χ0n) is 11.4. The molecule has 3 unspecified atom stereocenters. The van der Waals surface area contributed by atoms with E-state index in [2.05, 4.69) is 31.0 Å².